The Labute approximate surface area is 222 Å². The first-order valence-electron chi connectivity index (χ1n) is 12.5. The lowest BCUT2D eigenvalue weighted by Gasteiger charge is -2.40. The molecule has 0 saturated carbocycles. The number of halogens is 1. The minimum Gasteiger partial charge on any atom is -0.382 e. The molecule has 9 heteroatoms. The first-order chi connectivity index (χ1) is 17.6. The fourth-order valence-corrected chi connectivity index (χ4v) is 5.33. The van der Waals surface area contributed by atoms with Gasteiger partial charge in [-0.1, -0.05) is 23.7 Å². The standard InChI is InChI=1S/C28H33ClN6O2/c1-28(2,3)32-27(37)35-12-10-34(11-13-35)25-20-8-7-19(29)15-21(20)22(14-18-6-5-9-31-24(18)25)26(36)23-16-30-17-33(23)4/h5-9,14-17,25-26,36H,10-13H2,1-4H3,(H,32,37)/t25-,26+/m0/s1. The van der Waals surface area contributed by atoms with E-state index in [0.29, 0.717) is 36.9 Å². The van der Waals surface area contributed by atoms with Crippen LogP contribution in [-0.4, -0.2) is 67.2 Å². The maximum Gasteiger partial charge on any atom is 0.317 e. The summed E-state index contributed by atoms with van der Waals surface area (Å²) in [6.07, 6.45) is 6.30. The first-order valence-corrected chi connectivity index (χ1v) is 12.9. The number of fused-ring (bicyclic) bond motifs is 2. The molecule has 37 heavy (non-hydrogen) atoms. The van der Waals surface area contributed by atoms with Crippen LogP contribution in [-0.2, 0) is 7.05 Å². The van der Waals surface area contributed by atoms with Crippen LogP contribution < -0.4 is 5.32 Å². The summed E-state index contributed by atoms with van der Waals surface area (Å²) in [5, 5.41) is 15.2. The Morgan fingerprint density at radius 3 is 2.62 bits per heavy atom. The van der Waals surface area contributed by atoms with Gasteiger partial charge in [0, 0.05) is 50.0 Å². The molecule has 2 aromatic heterocycles. The number of imidazole rings is 1. The Hall–Kier alpha value is -3.20. The van der Waals surface area contributed by atoms with Crippen molar-refractivity contribution in [1.82, 2.24) is 29.7 Å². The van der Waals surface area contributed by atoms with E-state index in [0.717, 1.165) is 28.0 Å². The molecule has 1 fully saturated rings. The number of hydrogen-bond donors (Lipinski definition) is 2. The number of piperazine rings is 1. The predicted octanol–water partition coefficient (Wildman–Crippen LogP) is 4.27. The molecular weight excluding hydrogens is 488 g/mol. The van der Waals surface area contributed by atoms with Gasteiger partial charge in [-0.15, -0.1) is 0 Å². The van der Waals surface area contributed by atoms with E-state index in [1.165, 1.54) is 0 Å². The average Bonchev–Trinajstić information content (AvgIpc) is 3.23. The van der Waals surface area contributed by atoms with Crippen molar-refractivity contribution in [3.05, 3.63) is 82.2 Å². The van der Waals surface area contributed by atoms with Gasteiger partial charge in [-0.2, -0.15) is 0 Å². The number of aliphatic hydroxyl groups excluding tert-OH is 1. The molecule has 5 rings (SSSR count). The summed E-state index contributed by atoms with van der Waals surface area (Å²) in [6, 6.07) is 9.61. The van der Waals surface area contributed by atoms with Gasteiger partial charge in [0.1, 0.15) is 6.10 Å². The van der Waals surface area contributed by atoms with Crippen LogP contribution in [0.5, 0.6) is 0 Å². The maximum absolute atomic E-state index is 12.8. The number of carbonyl (C=O) groups is 1. The molecule has 2 aliphatic rings. The molecule has 0 radical (unpaired) electrons. The minimum atomic E-state index is -0.894. The Kier molecular flexibility index (Phi) is 6.83. The van der Waals surface area contributed by atoms with Gasteiger partial charge in [-0.3, -0.25) is 9.88 Å². The molecule has 8 nitrogen and oxygen atoms in total. The number of rotatable bonds is 3. The number of amides is 2. The number of aryl methyl sites for hydroxylation is 1. The minimum absolute atomic E-state index is 0.0398. The number of hydrogen-bond acceptors (Lipinski definition) is 5. The number of urea groups is 1. The van der Waals surface area contributed by atoms with Gasteiger partial charge in [0.05, 0.1) is 30.0 Å². The van der Waals surface area contributed by atoms with Crippen molar-refractivity contribution in [2.75, 3.05) is 26.2 Å². The van der Waals surface area contributed by atoms with Gasteiger partial charge in [-0.25, -0.2) is 9.78 Å². The zero-order valence-corrected chi connectivity index (χ0v) is 22.4. The third kappa shape index (κ3) is 5.14. The van der Waals surface area contributed by atoms with Crippen molar-refractivity contribution < 1.29 is 9.90 Å². The molecule has 0 bridgehead atoms. The lowest BCUT2D eigenvalue weighted by atomic mass is 9.91. The summed E-state index contributed by atoms with van der Waals surface area (Å²) >= 11 is 6.50. The van der Waals surface area contributed by atoms with Gasteiger partial charge in [-0.05, 0) is 67.3 Å². The second kappa shape index (κ2) is 9.93. The zero-order valence-electron chi connectivity index (χ0n) is 21.6. The molecule has 1 saturated heterocycles. The van der Waals surface area contributed by atoms with Crippen LogP contribution in [0.15, 0.2) is 49.1 Å². The summed E-state index contributed by atoms with van der Waals surface area (Å²) in [5.41, 5.74) is 4.95. The SMILES string of the molecule is Cn1cncc1[C@H](O)C1=Cc2cccnc2[C@@H](N2CCN(C(=O)NC(C)(C)C)CC2)c2ccc(Cl)cc21. The van der Waals surface area contributed by atoms with Crippen LogP contribution in [0.3, 0.4) is 0 Å². The molecule has 3 heterocycles. The predicted molar refractivity (Wildman–Crippen MR) is 145 cm³/mol. The average molecular weight is 521 g/mol. The molecule has 2 N–H and O–H groups in total. The largest absolute Gasteiger partial charge is 0.382 e. The van der Waals surface area contributed by atoms with Crippen LogP contribution in [0.2, 0.25) is 5.02 Å². The van der Waals surface area contributed by atoms with E-state index in [1.54, 1.807) is 12.5 Å². The number of benzene rings is 1. The lowest BCUT2D eigenvalue weighted by molar-refractivity contribution is 0.115. The van der Waals surface area contributed by atoms with Crippen LogP contribution in [0, 0.1) is 0 Å². The fourth-order valence-electron chi connectivity index (χ4n) is 5.16. The fraction of sp³-hybridized carbons (Fsp3) is 0.393. The highest BCUT2D eigenvalue weighted by atomic mass is 35.5. The quantitative estimate of drug-likeness (QED) is 0.538. The van der Waals surface area contributed by atoms with E-state index in [1.807, 2.05) is 79.9 Å². The number of aliphatic hydroxyl groups is 1. The normalized spacial score (nSPS) is 18.9. The van der Waals surface area contributed by atoms with Gasteiger partial charge in [0.15, 0.2) is 0 Å². The van der Waals surface area contributed by atoms with E-state index in [-0.39, 0.29) is 17.6 Å². The Bertz CT molecular complexity index is 1340. The number of nitrogens with zero attached hydrogens (tertiary/aromatic N) is 5. The maximum atomic E-state index is 12.8. The summed E-state index contributed by atoms with van der Waals surface area (Å²) in [4.78, 5) is 26.0. The van der Waals surface area contributed by atoms with Gasteiger partial charge in [0.25, 0.3) is 0 Å². The van der Waals surface area contributed by atoms with E-state index in [9.17, 15) is 9.90 Å². The highest BCUT2D eigenvalue weighted by Gasteiger charge is 2.35. The van der Waals surface area contributed by atoms with Crippen molar-refractivity contribution in [2.24, 2.45) is 7.05 Å². The van der Waals surface area contributed by atoms with Gasteiger partial charge < -0.3 is 19.9 Å². The number of aromatic nitrogens is 3. The molecule has 2 atom stereocenters. The third-order valence-electron chi connectivity index (χ3n) is 6.94. The smallest absolute Gasteiger partial charge is 0.317 e. The van der Waals surface area contributed by atoms with E-state index in [4.69, 9.17) is 16.6 Å². The summed E-state index contributed by atoms with van der Waals surface area (Å²) in [6.45, 7) is 8.58. The number of nitrogens with one attached hydrogen (secondary N) is 1. The van der Waals surface area contributed by atoms with Gasteiger partial charge in [0.2, 0.25) is 0 Å². The first kappa shape index (κ1) is 25.4. The Balaban J connectivity index is 1.53. The highest BCUT2D eigenvalue weighted by Crippen LogP contribution is 2.44. The Morgan fingerprint density at radius 2 is 1.95 bits per heavy atom. The molecule has 1 aromatic carbocycles. The molecule has 1 aliphatic carbocycles. The molecule has 3 aromatic rings. The van der Waals surface area contributed by atoms with Crippen molar-refractivity contribution in [3.8, 4) is 0 Å². The number of carbonyl (C=O) groups excluding carboxylic acids is 1. The molecule has 1 aliphatic heterocycles. The van der Waals surface area contributed by atoms with E-state index < -0.39 is 6.10 Å². The van der Waals surface area contributed by atoms with Crippen LogP contribution in [0.1, 0.15) is 61.0 Å². The molecule has 2 amide bonds. The summed E-state index contributed by atoms with van der Waals surface area (Å²) < 4.78 is 1.82. The van der Waals surface area contributed by atoms with Crippen LogP contribution in [0.25, 0.3) is 11.6 Å². The van der Waals surface area contributed by atoms with E-state index >= 15 is 0 Å². The zero-order chi connectivity index (χ0) is 26.3. The van der Waals surface area contributed by atoms with Crippen molar-refractivity contribution in [2.45, 2.75) is 38.5 Å². The molecular formula is C28H33ClN6O2. The Morgan fingerprint density at radius 1 is 1.19 bits per heavy atom. The van der Waals surface area contributed by atoms with Crippen LogP contribution in [0.4, 0.5) is 4.79 Å². The second-order valence-electron chi connectivity index (χ2n) is 10.7. The van der Waals surface area contributed by atoms with Gasteiger partial charge >= 0.3 is 6.03 Å². The van der Waals surface area contributed by atoms with Crippen molar-refractivity contribution >= 4 is 29.3 Å². The second-order valence-corrected chi connectivity index (χ2v) is 11.2. The summed E-state index contributed by atoms with van der Waals surface area (Å²) in [7, 11) is 1.87. The van der Waals surface area contributed by atoms with E-state index in [2.05, 4.69) is 15.2 Å². The topological polar surface area (TPSA) is 86.5 Å². The third-order valence-corrected chi connectivity index (χ3v) is 7.17. The monoisotopic (exact) mass is 520 g/mol. The van der Waals surface area contributed by atoms with Crippen molar-refractivity contribution in [3.63, 3.8) is 0 Å². The lowest BCUT2D eigenvalue weighted by Crippen LogP contribution is -2.55. The van der Waals surface area contributed by atoms with Crippen molar-refractivity contribution in [1.29, 1.82) is 0 Å². The highest BCUT2D eigenvalue weighted by molar-refractivity contribution is 6.30. The molecule has 0 spiro atoms. The van der Waals surface area contributed by atoms with Crippen LogP contribution >= 0.6 is 11.6 Å². The molecule has 0 unspecified atom stereocenters. The summed E-state index contributed by atoms with van der Waals surface area (Å²) in [5.74, 6) is 0. The number of pyridine rings is 1. The molecule has 194 valence electrons.